The third-order valence-corrected chi connectivity index (χ3v) is 6.13. The molecule has 0 saturated heterocycles. The Morgan fingerprint density at radius 3 is 2.79 bits per heavy atom. The van der Waals surface area contributed by atoms with Crippen LogP contribution in [0.4, 0.5) is 5.69 Å². The lowest BCUT2D eigenvalue weighted by molar-refractivity contribution is -0.120. The Kier molecular flexibility index (Phi) is 8.04. The molecule has 0 unspecified atom stereocenters. The number of guanidine groups is 1. The van der Waals surface area contributed by atoms with Gasteiger partial charge in [0.25, 0.3) is 0 Å². The van der Waals surface area contributed by atoms with Crippen molar-refractivity contribution in [1.82, 2.24) is 15.6 Å². The second-order valence-electron chi connectivity index (χ2n) is 7.49. The molecule has 0 atom stereocenters. The molecule has 1 fully saturated rings. The Bertz CT molecular complexity index is 826. The van der Waals surface area contributed by atoms with E-state index in [9.17, 15) is 4.79 Å². The Morgan fingerprint density at radius 2 is 2.07 bits per heavy atom. The van der Waals surface area contributed by atoms with Crippen molar-refractivity contribution in [3.63, 3.8) is 0 Å². The summed E-state index contributed by atoms with van der Waals surface area (Å²) in [6, 6.07) is 8.01. The highest BCUT2D eigenvalue weighted by molar-refractivity contribution is 7.11. The Morgan fingerprint density at radius 1 is 1.24 bits per heavy atom. The predicted molar refractivity (Wildman–Crippen MR) is 120 cm³/mol. The minimum absolute atomic E-state index is 0.157. The number of aromatic nitrogens is 1. The van der Waals surface area contributed by atoms with E-state index < -0.39 is 0 Å². The quantitative estimate of drug-likeness (QED) is 0.475. The second-order valence-corrected chi connectivity index (χ2v) is 8.81. The van der Waals surface area contributed by atoms with Crippen molar-refractivity contribution in [2.75, 3.05) is 18.9 Å². The zero-order chi connectivity index (χ0) is 20.5. The molecule has 1 aliphatic carbocycles. The lowest BCUT2D eigenvalue weighted by Gasteiger charge is -2.21. The van der Waals surface area contributed by atoms with Gasteiger partial charge in [-0.1, -0.05) is 31.4 Å². The summed E-state index contributed by atoms with van der Waals surface area (Å²) in [6.45, 7) is 3.49. The molecule has 3 rings (SSSR count). The van der Waals surface area contributed by atoms with Gasteiger partial charge >= 0.3 is 0 Å². The molecule has 3 N–H and O–H groups in total. The van der Waals surface area contributed by atoms with Crippen LogP contribution in [0.2, 0.25) is 0 Å². The monoisotopic (exact) mass is 413 g/mol. The normalized spacial score (nSPS) is 15.2. The lowest BCUT2D eigenvalue weighted by atomic mass is 9.88. The summed E-state index contributed by atoms with van der Waals surface area (Å²) in [6.07, 6.45) is 8.39. The summed E-state index contributed by atoms with van der Waals surface area (Å²) >= 11 is 1.73. The molecule has 0 spiro atoms. The SMILES string of the molecule is CN=C(NCCc1ncc(C)s1)NCc1cccc(NC(=O)C2CCCCC2)c1. The molecule has 1 aliphatic rings. The number of amides is 1. The van der Waals surface area contributed by atoms with Crippen LogP contribution in [0.3, 0.4) is 0 Å². The number of aryl methyl sites for hydroxylation is 1. The highest BCUT2D eigenvalue weighted by atomic mass is 32.1. The Balaban J connectivity index is 1.45. The van der Waals surface area contributed by atoms with Crippen molar-refractivity contribution in [2.45, 2.75) is 52.0 Å². The van der Waals surface area contributed by atoms with Gasteiger partial charge in [0.1, 0.15) is 0 Å². The van der Waals surface area contributed by atoms with Crippen LogP contribution in [-0.2, 0) is 17.8 Å². The van der Waals surface area contributed by atoms with Crippen LogP contribution < -0.4 is 16.0 Å². The first-order chi connectivity index (χ1) is 14.1. The van der Waals surface area contributed by atoms with E-state index >= 15 is 0 Å². The average molecular weight is 414 g/mol. The number of thiazole rings is 1. The van der Waals surface area contributed by atoms with E-state index in [1.807, 2.05) is 24.4 Å². The van der Waals surface area contributed by atoms with Crippen LogP contribution in [0.1, 0.15) is 47.6 Å². The van der Waals surface area contributed by atoms with Gasteiger partial charge in [-0.25, -0.2) is 4.98 Å². The molecule has 156 valence electrons. The summed E-state index contributed by atoms with van der Waals surface area (Å²) in [5, 5.41) is 10.9. The van der Waals surface area contributed by atoms with Crippen molar-refractivity contribution in [1.29, 1.82) is 0 Å². The van der Waals surface area contributed by atoms with E-state index in [4.69, 9.17) is 0 Å². The third kappa shape index (κ3) is 6.85. The Labute approximate surface area is 177 Å². The molecule has 0 radical (unpaired) electrons. The lowest BCUT2D eigenvalue weighted by Crippen LogP contribution is -2.37. The fourth-order valence-corrected chi connectivity index (χ4v) is 4.37. The number of hydrogen-bond donors (Lipinski definition) is 3. The first kappa shape index (κ1) is 21.3. The highest BCUT2D eigenvalue weighted by Crippen LogP contribution is 2.25. The first-order valence-electron chi connectivity index (χ1n) is 10.4. The van der Waals surface area contributed by atoms with Crippen LogP contribution >= 0.6 is 11.3 Å². The van der Waals surface area contributed by atoms with E-state index in [2.05, 4.69) is 38.9 Å². The average Bonchev–Trinajstić information content (AvgIpc) is 3.16. The van der Waals surface area contributed by atoms with Gasteiger partial charge in [0.15, 0.2) is 5.96 Å². The molecule has 1 heterocycles. The molecule has 2 aromatic rings. The first-order valence-corrected chi connectivity index (χ1v) is 11.2. The number of rotatable bonds is 7. The summed E-state index contributed by atoms with van der Waals surface area (Å²) < 4.78 is 0. The smallest absolute Gasteiger partial charge is 0.227 e. The van der Waals surface area contributed by atoms with Crippen molar-refractivity contribution >= 4 is 28.9 Å². The fraction of sp³-hybridized carbons (Fsp3) is 0.500. The maximum atomic E-state index is 12.5. The summed E-state index contributed by atoms with van der Waals surface area (Å²) in [5.74, 6) is 1.08. The van der Waals surface area contributed by atoms with Crippen LogP contribution in [0.25, 0.3) is 0 Å². The molecular weight excluding hydrogens is 382 g/mol. The molecule has 1 aromatic carbocycles. The summed E-state index contributed by atoms with van der Waals surface area (Å²) in [5.41, 5.74) is 1.96. The fourth-order valence-electron chi connectivity index (χ4n) is 3.58. The summed E-state index contributed by atoms with van der Waals surface area (Å²) in [4.78, 5) is 22.4. The number of benzene rings is 1. The van der Waals surface area contributed by atoms with Crippen LogP contribution in [0, 0.1) is 12.8 Å². The predicted octanol–water partition coefficient (Wildman–Crippen LogP) is 3.88. The third-order valence-electron chi connectivity index (χ3n) is 5.15. The van der Waals surface area contributed by atoms with E-state index in [1.165, 1.54) is 11.3 Å². The number of nitrogens with zero attached hydrogens (tertiary/aromatic N) is 2. The molecule has 1 aromatic heterocycles. The number of carbonyl (C=O) groups is 1. The molecule has 6 nitrogen and oxygen atoms in total. The van der Waals surface area contributed by atoms with Gasteiger partial charge in [0.2, 0.25) is 5.91 Å². The molecule has 1 saturated carbocycles. The number of anilines is 1. The molecule has 0 aliphatic heterocycles. The van der Waals surface area contributed by atoms with Gasteiger partial charge in [-0.15, -0.1) is 11.3 Å². The highest BCUT2D eigenvalue weighted by Gasteiger charge is 2.21. The topological polar surface area (TPSA) is 78.4 Å². The standard InChI is InChI=1S/C22H31N5OS/c1-16-14-25-20(29-16)11-12-24-22(23-2)26-15-17-7-6-10-19(13-17)27-21(28)18-8-4-3-5-9-18/h6-7,10,13-14,18H,3-5,8-9,11-12,15H2,1-2H3,(H,27,28)(H2,23,24,26). The van der Waals surface area contributed by atoms with E-state index in [-0.39, 0.29) is 11.8 Å². The van der Waals surface area contributed by atoms with Gasteiger partial charge in [-0.3, -0.25) is 9.79 Å². The number of nitrogens with one attached hydrogen (secondary N) is 3. The summed E-state index contributed by atoms with van der Waals surface area (Å²) in [7, 11) is 1.77. The molecule has 7 heteroatoms. The van der Waals surface area contributed by atoms with Crippen molar-refractivity contribution in [3.8, 4) is 0 Å². The van der Waals surface area contributed by atoms with Gasteiger partial charge < -0.3 is 16.0 Å². The zero-order valence-corrected chi connectivity index (χ0v) is 18.1. The molecule has 0 bridgehead atoms. The second kappa shape index (κ2) is 11.0. The van der Waals surface area contributed by atoms with Gasteiger partial charge in [-0.05, 0) is 37.5 Å². The maximum absolute atomic E-state index is 12.5. The zero-order valence-electron chi connectivity index (χ0n) is 17.3. The van der Waals surface area contributed by atoms with E-state index in [0.717, 1.165) is 60.9 Å². The molecule has 1 amide bonds. The van der Waals surface area contributed by atoms with Crippen molar-refractivity contribution in [3.05, 3.63) is 45.9 Å². The minimum atomic E-state index is 0.157. The molecular formula is C22H31N5OS. The number of hydrogen-bond acceptors (Lipinski definition) is 4. The maximum Gasteiger partial charge on any atom is 0.227 e. The minimum Gasteiger partial charge on any atom is -0.356 e. The molecule has 29 heavy (non-hydrogen) atoms. The van der Waals surface area contributed by atoms with Crippen LogP contribution in [0.15, 0.2) is 35.5 Å². The van der Waals surface area contributed by atoms with Crippen LogP contribution in [0.5, 0.6) is 0 Å². The van der Waals surface area contributed by atoms with Crippen LogP contribution in [-0.4, -0.2) is 30.4 Å². The van der Waals surface area contributed by atoms with Gasteiger partial charge in [-0.2, -0.15) is 0 Å². The van der Waals surface area contributed by atoms with Crippen molar-refractivity contribution in [2.24, 2.45) is 10.9 Å². The van der Waals surface area contributed by atoms with Crippen molar-refractivity contribution < 1.29 is 4.79 Å². The number of aliphatic imine (C=N–C) groups is 1. The van der Waals surface area contributed by atoms with Gasteiger partial charge in [0, 0.05) is 49.2 Å². The van der Waals surface area contributed by atoms with Gasteiger partial charge in [0.05, 0.1) is 5.01 Å². The van der Waals surface area contributed by atoms with E-state index in [1.54, 1.807) is 18.4 Å². The number of carbonyl (C=O) groups excluding carboxylic acids is 1. The largest absolute Gasteiger partial charge is 0.356 e. The van der Waals surface area contributed by atoms with E-state index in [0.29, 0.717) is 6.54 Å². The Hall–Kier alpha value is -2.41.